The van der Waals surface area contributed by atoms with Crippen LogP contribution >= 0.6 is 0 Å². The molecular formula is C28H27N3O. The van der Waals surface area contributed by atoms with Crippen LogP contribution in [0.2, 0.25) is 0 Å². The number of aromatic nitrogens is 2. The molecule has 32 heavy (non-hydrogen) atoms. The first-order valence-electron chi connectivity index (χ1n) is 11.5. The summed E-state index contributed by atoms with van der Waals surface area (Å²) in [5, 5.41) is 3.24. The largest absolute Gasteiger partial charge is 0.349 e. The Balaban J connectivity index is 1.54. The number of carbonyl (C=O) groups excluding carboxylic acids is 1. The Morgan fingerprint density at radius 2 is 1.25 bits per heavy atom. The summed E-state index contributed by atoms with van der Waals surface area (Å²) in [6, 6.07) is 26.1. The molecule has 0 radical (unpaired) electrons. The Bertz CT molecular complexity index is 1210. The van der Waals surface area contributed by atoms with Crippen LogP contribution in [0.3, 0.4) is 0 Å². The second kappa shape index (κ2) is 9.31. The monoisotopic (exact) mass is 421 g/mol. The second-order valence-corrected chi connectivity index (χ2v) is 8.52. The van der Waals surface area contributed by atoms with Crippen molar-refractivity contribution in [2.45, 2.75) is 44.6 Å². The fourth-order valence-corrected chi connectivity index (χ4v) is 4.48. The van der Waals surface area contributed by atoms with Crippen LogP contribution in [0.4, 0.5) is 0 Å². The zero-order chi connectivity index (χ0) is 21.8. The maximum Gasteiger partial charge on any atom is 0.251 e. The number of nitrogens with one attached hydrogen (secondary N) is 1. The third kappa shape index (κ3) is 4.40. The minimum atomic E-state index is -0.0194. The highest BCUT2D eigenvalue weighted by molar-refractivity contribution is 5.98. The van der Waals surface area contributed by atoms with Crippen LogP contribution in [0, 0.1) is 0 Å². The first-order chi connectivity index (χ1) is 15.8. The molecule has 4 aromatic rings. The van der Waals surface area contributed by atoms with E-state index in [1.165, 1.54) is 25.7 Å². The molecule has 4 heteroatoms. The Morgan fingerprint density at radius 3 is 1.84 bits per heavy atom. The quantitative estimate of drug-likeness (QED) is 0.387. The zero-order valence-electron chi connectivity index (χ0n) is 18.1. The molecule has 1 amide bonds. The molecule has 1 N–H and O–H groups in total. The number of carbonyl (C=O) groups is 1. The van der Waals surface area contributed by atoms with Crippen molar-refractivity contribution in [2.24, 2.45) is 0 Å². The average molecular weight is 422 g/mol. The predicted octanol–water partition coefficient (Wildman–Crippen LogP) is 6.42. The highest BCUT2D eigenvalue weighted by Gasteiger charge is 2.18. The third-order valence-corrected chi connectivity index (χ3v) is 6.21. The molecule has 1 saturated carbocycles. The van der Waals surface area contributed by atoms with Crippen LogP contribution < -0.4 is 5.32 Å². The minimum Gasteiger partial charge on any atom is -0.349 e. The van der Waals surface area contributed by atoms with Crippen molar-refractivity contribution in [3.63, 3.8) is 0 Å². The van der Waals surface area contributed by atoms with E-state index in [-0.39, 0.29) is 11.9 Å². The van der Waals surface area contributed by atoms with E-state index in [1.807, 2.05) is 66.7 Å². The van der Waals surface area contributed by atoms with Crippen LogP contribution in [-0.4, -0.2) is 21.9 Å². The summed E-state index contributed by atoms with van der Waals surface area (Å²) in [7, 11) is 0. The summed E-state index contributed by atoms with van der Waals surface area (Å²) in [5.74, 6) is -0.0194. The smallest absolute Gasteiger partial charge is 0.251 e. The number of hydrogen-bond donors (Lipinski definition) is 1. The highest BCUT2D eigenvalue weighted by Crippen LogP contribution is 2.31. The lowest BCUT2D eigenvalue weighted by molar-refractivity contribution is 0.0933. The maximum atomic E-state index is 13.0. The van der Waals surface area contributed by atoms with E-state index in [0.717, 1.165) is 46.4 Å². The van der Waals surface area contributed by atoms with Crippen molar-refractivity contribution in [1.82, 2.24) is 15.3 Å². The second-order valence-electron chi connectivity index (χ2n) is 8.52. The van der Waals surface area contributed by atoms with E-state index in [9.17, 15) is 4.79 Å². The lowest BCUT2D eigenvalue weighted by Crippen LogP contribution is -2.34. The van der Waals surface area contributed by atoms with Crippen LogP contribution in [0.1, 0.15) is 48.9 Å². The third-order valence-electron chi connectivity index (χ3n) is 6.21. The Morgan fingerprint density at radius 1 is 0.688 bits per heavy atom. The summed E-state index contributed by atoms with van der Waals surface area (Å²) < 4.78 is 0. The average Bonchev–Trinajstić information content (AvgIpc) is 3.12. The summed E-state index contributed by atoms with van der Waals surface area (Å²) in [6.45, 7) is 0. The number of amides is 1. The molecule has 160 valence electrons. The van der Waals surface area contributed by atoms with Crippen LogP contribution in [0.25, 0.3) is 33.5 Å². The first kappa shape index (κ1) is 20.4. The van der Waals surface area contributed by atoms with Gasteiger partial charge in [-0.05, 0) is 31.0 Å². The van der Waals surface area contributed by atoms with Gasteiger partial charge >= 0.3 is 0 Å². The standard InChI is InChI=1S/C28H27N3O/c32-28(29-23-15-9-1-2-10-16-23)22-17-18-24-25(19-22)31-27(21-13-7-4-8-14-21)26(30-24)20-11-5-3-6-12-20/h3-8,11-14,17-19,23H,1-2,9-10,15-16H2,(H,29,32). The summed E-state index contributed by atoms with van der Waals surface area (Å²) in [5.41, 5.74) is 5.87. The highest BCUT2D eigenvalue weighted by atomic mass is 16.1. The van der Waals surface area contributed by atoms with E-state index >= 15 is 0 Å². The van der Waals surface area contributed by atoms with E-state index < -0.39 is 0 Å². The van der Waals surface area contributed by atoms with Crippen LogP contribution in [-0.2, 0) is 0 Å². The van der Waals surface area contributed by atoms with Crippen molar-refractivity contribution < 1.29 is 4.79 Å². The van der Waals surface area contributed by atoms with E-state index in [0.29, 0.717) is 5.56 Å². The molecule has 1 aromatic heterocycles. The molecule has 1 aliphatic carbocycles. The zero-order valence-corrected chi connectivity index (χ0v) is 18.1. The maximum absolute atomic E-state index is 13.0. The van der Waals surface area contributed by atoms with Crippen molar-refractivity contribution in [1.29, 1.82) is 0 Å². The van der Waals surface area contributed by atoms with Gasteiger partial charge in [-0.15, -0.1) is 0 Å². The van der Waals surface area contributed by atoms with Gasteiger partial charge in [-0.1, -0.05) is 86.3 Å². The number of benzene rings is 3. The van der Waals surface area contributed by atoms with Gasteiger partial charge in [0.1, 0.15) is 0 Å². The fraction of sp³-hybridized carbons (Fsp3) is 0.250. The van der Waals surface area contributed by atoms with Crippen molar-refractivity contribution >= 4 is 16.9 Å². The van der Waals surface area contributed by atoms with Gasteiger partial charge < -0.3 is 5.32 Å². The Kier molecular flexibility index (Phi) is 5.93. The predicted molar refractivity (Wildman–Crippen MR) is 129 cm³/mol. The Hall–Kier alpha value is -3.53. The van der Waals surface area contributed by atoms with Gasteiger partial charge in [0, 0.05) is 22.7 Å². The first-order valence-corrected chi connectivity index (χ1v) is 11.5. The van der Waals surface area contributed by atoms with Crippen molar-refractivity contribution in [2.75, 3.05) is 0 Å². The molecule has 1 heterocycles. The van der Waals surface area contributed by atoms with Gasteiger partial charge in [0.25, 0.3) is 5.91 Å². The number of rotatable bonds is 4. The van der Waals surface area contributed by atoms with Gasteiger partial charge in [0.15, 0.2) is 0 Å². The molecule has 1 fully saturated rings. The van der Waals surface area contributed by atoms with E-state index in [4.69, 9.17) is 9.97 Å². The van der Waals surface area contributed by atoms with E-state index in [1.54, 1.807) is 0 Å². The van der Waals surface area contributed by atoms with Gasteiger partial charge in [0.05, 0.1) is 22.4 Å². The molecule has 0 atom stereocenters. The van der Waals surface area contributed by atoms with Crippen LogP contribution in [0.5, 0.6) is 0 Å². The van der Waals surface area contributed by atoms with Crippen molar-refractivity contribution in [3.05, 3.63) is 84.4 Å². The SMILES string of the molecule is O=C(NC1CCCCCC1)c1ccc2nc(-c3ccccc3)c(-c3ccccc3)nc2c1. The lowest BCUT2D eigenvalue weighted by atomic mass is 10.0. The fourth-order valence-electron chi connectivity index (χ4n) is 4.48. The summed E-state index contributed by atoms with van der Waals surface area (Å²) in [6.07, 6.45) is 7.05. The molecule has 0 saturated heterocycles. The molecular weight excluding hydrogens is 394 g/mol. The normalized spacial score (nSPS) is 14.8. The molecule has 0 aliphatic heterocycles. The van der Waals surface area contributed by atoms with Gasteiger partial charge in [-0.3, -0.25) is 4.79 Å². The lowest BCUT2D eigenvalue weighted by Gasteiger charge is -2.16. The number of hydrogen-bond acceptors (Lipinski definition) is 3. The number of fused-ring (bicyclic) bond motifs is 1. The molecule has 4 nitrogen and oxygen atoms in total. The summed E-state index contributed by atoms with van der Waals surface area (Å²) in [4.78, 5) is 22.9. The van der Waals surface area contributed by atoms with Gasteiger partial charge in [-0.25, -0.2) is 9.97 Å². The Labute approximate surface area is 188 Å². The van der Waals surface area contributed by atoms with E-state index in [2.05, 4.69) is 17.4 Å². The van der Waals surface area contributed by atoms with Crippen LogP contribution in [0.15, 0.2) is 78.9 Å². The van der Waals surface area contributed by atoms with Gasteiger partial charge in [-0.2, -0.15) is 0 Å². The topological polar surface area (TPSA) is 54.9 Å². The summed E-state index contributed by atoms with van der Waals surface area (Å²) >= 11 is 0. The van der Waals surface area contributed by atoms with Crippen molar-refractivity contribution in [3.8, 4) is 22.5 Å². The molecule has 0 unspecified atom stereocenters. The molecule has 1 aliphatic rings. The van der Waals surface area contributed by atoms with Gasteiger partial charge in [0.2, 0.25) is 0 Å². The number of nitrogens with zero attached hydrogens (tertiary/aromatic N) is 2. The minimum absolute atomic E-state index is 0.0194. The molecule has 5 rings (SSSR count). The molecule has 0 spiro atoms. The molecule has 3 aromatic carbocycles. The molecule has 0 bridgehead atoms.